The van der Waals surface area contributed by atoms with Gasteiger partial charge >= 0.3 is 0 Å². The first-order valence-electron chi connectivity index (χ1n) is 11.5. The Hall–Kier alpha value is -2.75. The highest BCUT2D eigenvalue weighted by molar-refractivity contribution is 7.89. The van der Waals surface area contributed by atoms with Crippen molar-refractivity contribution in [3.05, 3.63) is 83.2 Å². The van der Waals surface area contributed by atoms with E-state index in [2.05, 4.69) is 0 Å². The average molecular weight is 541 g/mol. The molecule has 0 aliphatic carbocycles. The fourth-order valence-corrected chi connectivity index (χ4v) is 6.73. The molecule has 186 valence electrons. The minimum atomic E-state index is -3.63. The number of hydrogen-bond acceptors (Lipinski definition) is 6. The number of rotatable bonds is 6. The van der Waals surface area contributed by atoms with E-state index in [9.17, 15) is 8.42 Å². The van der Waals surface area contributed by atoms with Crippen molar-refractivity contribution in [3.8, 4) is 33.3 Å². The van der Waals surface area contributed by atoms with Gasteiger partial charge in [0, 0.05) is 34.6 Å². The van der Waals surface area contributed by atoms with Gasteiger partial charge < -0.3 is 9.47 Å². The second-order valence-electron chi connectivity index (χ2n) is 8.73. The van der Waals surface area contributed by atoms with E-state index in [1.165, 1.54) is 15.6 Å². The fourth-order valence-electron chi connectivity index (χ4n) is 4.14. The normalized spacial score (nSPS) is 18.8. The van der Waals surface area contributed by atoms with E-state index in [0.29, 0.717) is 29.6 Å². The number of morpholine rings is 1. The average Bonchev–Trinajstić information content (AvgIpc) is 3.36. The lowest BCUT2D eigenvalue weighted by atomic mass is 10.2. The summed E-state index contributed by atoms with van der Waals surface area (Å²) in [7, 11) is -3.63. The Morgan fingerprint density at radius 2 is 1.58 bits per heavy atom. The quantitative estimate of drug-likeness (QED) is 0.271. The van der Waals surface area contributed by atoms with Crippen LogP contribution in [-0.2, 0) is 14.8 Å². The predicted octanol–water partition coefficient (Wildman–Crippen LogP) is 6.72. The number of halogens is 1. The van der Waals surface area contributed by atoms with E-state index >= 15 is 0 Å². The third-order valence-corrected chi connectivity index (χ3v) is 8.78. The summed E-state index contributed by atoms with van der Waals surface area (Å²) in [6.45, 7) is 4.47. The van der Waals surface area contributed by atoms with Gasteiger partial charge in [-0.25, -0.2) is 13.4 Å². The first-order chi connectivity index (χ1) is 17.3. The molecule has 0 N–H and O–H groups in total. The molecule has 1 saturated heterocycles. The van der Waals surface area contributed by atoms with Crippen LogP contribution < -0.4 is 4.74 Å². The molecule has 1 fully saturated rings. The first kappa shape index (κ1) is 24.9. The Bertz CT molecular complexity index is 1440. The molecule has 2 atom stereocenters. The lowest BCUT2D eigenvalue weighted by Gasteiger charge is -2.34. The largest absolute Gasteiger partial charge is 0.457 e. The van der Waals surface area contributed by atoms with Gasteiger partial charge in [0.05, 0.1) is 22.8 Å². The monoisotopic (exact) mass is 540 g/mol. The smallest absolute Gasteiger partial charge is 0.243 e. The number of benzene rings is 3. The van der Waals surface area contributed by atoms with Gasteiger partial charge in [-0.05, 0) is 74.5 Å². The Balaban J connectivity index is 1.34. The maximum atomic E-state index is 13.3. The molecule has 4 aromatic rings. The molecule has 5 rings (SSSR count). The summed E-state index contributed by atoms with van der Waals surface area (Å²) < 4.78 is 39.7. The van der Waals surface area contributed by atoms with Crippen LogP contribution in [0.4, 0.5) is 0 Å². The van der Waals surface area contributed by atoms with Gasteiger partial charge in [-0.3, -0.25) is 0 Å². The molecule has 0 amide bonds. The standard InChI is InChI=1S/C27H25ClN2O4S2/c1-18-15-30(16-19(2)33-18)36(31,32)25-5-3-4-21(14-25)26-17-35-27(29-26)20-6-10-23(11-7-20)34-24-12-8-22(28)9-13-24/h3-14,17-19H,15-16H2,1-2H3/t18-,19-/m1/s1. The Morgan fingerprint density at radius 1 is 0.944 bits per heavy atom. The molecule has 36 heavy (non-hydrogen) atoms. The second kappa shape index (κ2) is 10.3. The molecule has 1 aliphatic heterocycles. The zero-order valence-corrected chi connectivity index (χ0v) is 22.2. The minimum absolute atomic E-state index is 0.143. The predicted molar refractivity (Wildman–Crippen MR) is 143 cm³/mol. The molecule has 1 aliphatic rings. The van der Waals surface area contributed by atoms with Crippen LogP contribution in [0.1, 0.15) is 13.8 Å². The first-order valence-corrected chi connectivity index (χ1v) is 14.2. The summed E-state index contributed by atoms with van der Waals surface area (Å²) in [4.78, 5) is 5.03. The SMILES string of the molecule is C[C@@H]1CN(S(=O)(=O)c2cccc(-c3csc(-c4ccc(Oc5ccc(Cl)cc5)cc4)n3)c2)C[C@@H](C)O1. The molecule has 0 unspecified atom stereocenters. The van der Waals surface area contributed by atoms with Crippen LogP contribution in [0.15, 0.2) is 83.1 Å². The van der Waals surface area contributed by atoms with E-state index in [1.54, 1.807) is 30.3 Å². The van der Waals surface area contributed by atoms with E-state index in [-0.39, 0.29) is 17.1 Å². The summed E-state index contributed by atoms with van der Waals surface area (Å²) in [5.74, 6) is 1.42. The fraction of sp³-hybridized carbons (Fsp3) is 0.222. The van der Waals surface area contributed by atoms with Crippen LogP contribution in [0.2, 0.25) is 5.02 Å². The molecular formula is C27H25ClN2O4S2. The van der Waals surface area contributed by atoms with Crippen molar-refractivity contribution in [3.63, 3.8) is 0 Å². The van der Waals surface area contributed by atoms with Crippen LogP contribution in [0.5, 0.6) is 11.5 Å². The second-order valence-corrected chi connectivity index (χ2v) is 12.0. The molecule has 0 bridgehead atoms. The van der Waals surface area contributed by atoms with Gasteiger partial charge in [-0.2, -0.15) is 4.31 Å². The number of hydrogen-bond donors (Lipinski definition) is 0. The lowest BCUT2D eigenvalue weighted by molar-refractivity contribution is -0.0440. The number of aromatic nitrogens is 1. The van der Waals surface area contributed by atoms with Crippen LogP contribution in [0.3, 0.4) is 0 Å². The van der Waals surface area contributed by atoms with Crippen molar-refractivity contribution in [2.45, 2.75) is 31.0 Å². The molecule has 2 heterocycles. The van der Waals surface area contributed by atoms with Crippen molar-refractivity contribution in [2.75, 3.05) is 13.1 Å². The van der Waals surface area contributed by atoms with Gasteiger partial charge in [-0.15, -0.1) is 11.3 Å². The van der Waals surface area contributed by atoms with Gasteiger partial charge in [0.1, 0.15) is 16.5 Å². The summed E-state index contributed by atoms with van der Waals surface area (Å²) in [5.41, 5.74) is 2.45. The van der Waals surface area contributed by atoms with Crippen LogP contribution >= 0.6 is 22.9 Å². The van der Waals surface area contributed by atoms with Crippen molar-refractivity contribution in [1.29, 1.82) is 0 Å². The molecule has 9 heteroatoms. The van der Waals surface area contributed by atoms with Crippen LogP contribution in [-0.4, -0.2) is 43.0 Å². The lowest BCUT2D eigenvalue weighted by Crippen LogP contribution is -2.48. The van der Waals surface area contributed by atoms with E-state index in [4.69, 9.17) is 26.1 Å². The topological polar surface area (TPSA) is 68.7 Å². The summed E-state index contributed by atoms with van der Waals surface area (Å²) >= 11 is 7.44. The Morgan fingerprint density at radius 3 is 2.25 bits per heavy atom. The van der Waals surface area contributed by atoms with E-state index in [0.717, 1.165) is 21.8 Å². The molecule has 0 spiro atoms. The third-order valence-electron chi connectivity index (χ3n) is 5.81. The molecule has 3 aromatic carbocycles. The van der Waals surface area contributed by atoms with E-state index < -0.39 is 10.0 Å². The van der Waals surface area contributed by atoms with Crippen LogP contribution in [0.25, 0.3) is 21.8 Å². The van der Waals surface area contributed by atoms with Gasteiger partial charge in [0.15, 0.2) is 0 Å². The zero-order valence-electron chi connectivity index (χ0n) is 19.8. The van der Waals surface area contributed by atoms with Crippen molar-refractivity contribution < 1.29 is 17.9 Å². The van der Waals surface area contributed by atoms with E-state index in [1.807, 2.05) is 61.7 Å². The number of sulfonamides is 1. The minimum Gasteiger partial charge on any atom is -0.457 e. The highest BCUT2D eigenvalue weighted by Gasteiger charge is 2.32. The number of nitrogens with zero attached hydrogens (tertiary/aromatic N) is 2. The van der Waals surface area contributed by atoms with Gasteiger partial charge in [-0.1, -0.05) is 23.7 Å². The van der Waals surface area contributed by atoms with Crippen molar-refractivity contribution >= 4 is 33.0 Å². The molecule has 1 aromatic heterocycles. The maximum Gasteiger partial charge on any atom is 0.243 e. The Kier molecular flexibility index (Phi) is 7.14. The van der Waals surface area contributed by atoms with Gasteiger partial charge in [0.2, 0.25) is 10.0 Å². The Labute approximate surface area is 220 Å². The summed E-state index contributed by atoms with van der Waals surface area (Å²) in [5, 5.41) is 3.44. The number of thiazole rings is 1. The zero-order chi connectivity index (χ0) is 25.3. The highest BCUT2D eigenvalue weighted by atomic mass is 35.5. The summed E-state index contributed by atoms with van der Waals surface area (Å²) in [6, 6.07) is 21.9. The maximum absolute atomic E-state index is 13.3. The molecule has 0 saturated carbocycles. The van der Waals surface area contributed by atoms with Crippen molar-refractivity contribution in [1.82, 2.24) is 9.29 Å². The molecular weight excluding hydrogens is 516 g/mol. The van der Waals surface area contributed by atoms with Crippen LogP contribution in [0, 0.1) is 0 Å². The molecule has 0 radical (unpaired) electrons. The molecule has 6 nitrogen and oxygen atoms in total. The third kappa shape index (κ3) is 5.48. The summed E-state index contributed by atoms with van der Waals surface area (Å²) in [6.07, 6.45) is -0.286. The number of ether oxygens (including phenoxy) is 2. The highest BCUT2D eigenvalue weighted by Crippen LogP contribution is 2.32. The van der Waals surface area contributed by atoms with Crippen molar-refractivity contribution in [2.24, 2.45) is 0 Å². The van der Waals surface area contributed by atoms with Gasteiger partial charge in [0.25, 0.3) is 0 Å².